The molecular weight excluding hydrogens is 409 g/mol. The molecule has 7 heteroatoms. The second kappa shape index (κ2) is 9.18. The molecule has 1 N–H and O–H groups in total. The van der Waals surface area contributed by atoms with Crippen molar-refractivity contribution < 1.29 is 9.47 Å². The molecule has 152 valence electrons. The Labute approximate surface area is 180 Å². The lowest BCUT2D eigenvalue weighted by Crippen LogP contribution is -2.37. The molecular formula is C22H23Cl2N3O2. The van der Waals surface area contributed by atoms with Crippen molar-refractivity contribution in [2.75, 3.05) is 38.3 Å². The molecule has 1 aliphatic rings. The van der Waals surface area contributed by atoms with Crippen LogP contribution in [-0.2, 0) is 17.8 Å². The molecule has 5 nitrogen and oxygen atoms in total. The number of pyridine rings is 1. The maximum absolute atomic E-state index is 6.65. The molecule has 1 aliphatic heterocycles. The van der Waals surface area contributed by atoms with Gasteiger partial charge in [0, 0.05) is 42.2 Å². The fourth-order valence-electron chi connectivity index (χ4n) is 3.60. The molecule has 29 heavy (non-hydrogen) atoms. The van der Waals surface area contributed by atoms with Crippen LogP contribution in [0, 0.1) is 0 Å². The first kappa shape index (κ1) is 20.2. The van der Waals surface area contributed by atoms with Gasteiger partial charge in [0.1, 0.15) is 10.9 Å². The van der Waals surface area contributed by atoms with E-state index in [-0.39, 0.29) is 0 Å². The van der Waals surface area contributed by atoms with E-state index < -0.39 is 0 Å². The van der Waals surface area contributed by atoms with Gasteiger partial charge >= 0.3 is 0 Å². The van der Waals surface area contributed by atoms with Crippen LogP contribution in [0.4, 0.5) is 5.69 Å². The molecule has 1 saturated heterocycles. The number of rotatable bonds is 6. The average Bonchev–Trinajstić information content (AvgIpc) is 2.75. The van der Waals surface area contributed by atoms with Crippen LogP contribution in [-0.4, -0.2) is 38.4 Å². The standard InChI is InChI=1S/C22H23Cl2N3O2/c1-28-17-6-7-20-18(12-17)21(27-8-10-29-11-9-27)19(22(24)26-20)14-25-13-15-2-4-16(23)5-3-15/h2-7,12,25H,8-11,13-14H2,1H3. The number of morpholine rings is 1. The molecule has 0 saturated carbocycles. The lowest BCUT2D eigenvalue weighted by Gasteiger charge is -2.32. The van der Waals surface area contributed by atoms with E-state index >= 15 is 0 Å². The molecule has 1 fully saturated rings. The van der Waals surface area contributed by atoms with Gasteiger partial charge in [-0.2, -0.15) is 0 Å². The van der Waals surface area contributed by atoms with E-state index in [9.17, 15) is 0 Å². The second-order valence-electron chi connectivity index (χ2n) is 6.94. The molecule has 3 aromatic rings. The van der Waals surface area contributed by atoms with Gasteiger partial charge in [-0.05, 0) is 35.9 Å². The van der Waals surface area contributed by atoms with Gasteiger partial charge in [-0.1, -0.05) is 35.3 Å². The number of aromatic nitrogens is 1. The summed E-state index contributed by atoms with van der Waals surface area (Å²) >= 11 is 12.6. The Hall–Kier alpha value is -2.05. The lowest BCUT2D eigenvalue weighted by atomic mass is 10.1. The number of hydrogen-bond acceptors (Lipinski definition) is 5. The van der Waals surface area contributed by atoms with Gasteiger partial charge in [0.25, 0.3) is 0 Å². The van der Waals surface area contributed by atoms with Gasteiger partial charge in [-0.3, -0.25) is 0 Å². The summed E-state index contributed by atoms with van der Waals surface area (Å²) in [6, 6.07) is 13.7. The van der Waals surface area contributed by atoms with Crippen LogP contribution in [0.1, 0.15) is 11.1 Å². The topological polar surface area (TPSA) is 46.6 Å². The molecule has 0 atom stereocenters. The fourth-order valence-corrected chi connectivity index (χ4v) is 3.98. The number of fused-ring (bicyclic) bond motifs is 1. The SMILES string of the molecule is COc1ccc2nc(Cl)c(CNCc3ccc(Cl)cc3)c(N3CCOCC3)c2c1. The number of anilines is 1. The first-order chi connectivity index (χ1) is 14.2. The van der Waals surface area contributed by atoms with Crippen LogP contribution in [0.5, 0.6) is 5.75 Å². The van der Waals surface area contributed by atoms with E-state index in [2.05, 4.69) is 15.2 Å². The number of nitrogens with zero attached hydrogens (tertiary/aromatic N) is 2. The molecule has 0 spiro atoms. The number of methoxy groups -OCH3 is 1. The molecule has 4 rings (SSSR count). The first-order valence-electron chi connectivity index (χ1n) is 9.59. The highest BCUT2D eigenvalue weighted by Gasteiger charge is 2.21. The van der Waals surface area contributed by atoms with E-state index in [4.69, 9.17) is 32.7 Å². The second-order valence-corrected chi connectivity index (χ2v) is 7.74. The minimum absolute atomic E-state index is 0.521. The van der Waals surface area contributed by atoms with Gasteiger partial charge in [0.05, 0.1) is 31.5 Å². The third-order valence-electron chi connectivity index (χ3n) is 5.08. The minimum atomic E-state index is 0.521. The highest BCUT2D eigenvalue weighted by Crippen LogP contribution is 2.36. The zero-order chi connectivity index (χ0) is 20.2. The monoisotopic (exact) mass is 431 g/mol. The van der Waals surface area contributed by atoms with E-state index in [1.54, 1.807) is 7.11 Å². The minimum Gasteiger partial charge on any atom is -0.497 e. The summed E-state index contributed by atoms with van der Waals surface area (Å²) in [6.45, 7) is 4.35. The Morgan fingerprint density at radius 1 is 1.07 bits per heavy atom. The molecule has 0 aliphatic carbocycles. The number of benzene rings is 2. The normalized spacial score (nSPS) is 14.4. The summed E-state index contributed by atoms with van der Waals surface area (Å²) in [7, 11) is 1.67. The fraction of sp³-hybridized carbons (Fsp3) is 0.318. The predicted molar refractivity (Wildman–Crippen MR) is 118 cm³/mol. The molecule has 2 aromatic carbocycles. The van der Waals surface area contributed by atoms with Gasteiger partial charge in [-0.25, -0.2) is 4.98 Å². The van der Waals surface area contributed by atoms with Crippen LogP contribution >= 0.6 is 23.2 Å². The van der Waals surface area contributed by atoms with E-state index in [1.807, 2.05) is 42.5 Å². The summed E-state index contributed by atoms with van der Waals surface area (Å²) in [4.78, 5) is 6.97. The first-order valence-corrected chi connectivity index (χ1v) is 10.4. The number of hydrogen-bond donors (Lipinski definition) is 1. The van der Waals surface area contributed by atoms with E-state index in [0.717, 1.165) is 51.6 Å². The van der Waals surface area contributed by atoms with Crippen LogP contribution in [0.3, 0.4) is 0 Å². The molecule has 0 unspecified atom stereocenters. The van der Waals surface area contributed by atoms with Crippen molar-refractivity contribution in [3.8, 4) is 5.75 Å². The van der Waals surface area contributed by atoms with Crippen molar-refractivity contribution >= 4 is 39.8 Å². The molecule has 1 aromatic heterocycles. The zero-order valence-electron chi connectivity index (χ0n) is 16.3. The quantitative estimate of drug-likeness (QED) is 0.574. The summed E-state index contributed by atoms with van der Waals surface area (Å²) < 4.78 is 11.0. The van der Waals surface area contributed by atoms with Crippen molar-refractivity contribution in [2.24, 2.45) is 0 Å². The molecule has 0 radical (unpaired) electrons. The molecule has 2 heterocycles. The Balaban J connectivity index is 1.68. The number of halogens is 2. The molecule has 0 bridgehead atoms. The van der Waals surface area contributed by atoms with Gasteiger partial charge in [0.2, 0.25) is 0 Å². The van der Waals surface area contributed by atoms with Gasteiger partial charge in [-0.15, -0.1) is 0 Å². The number of ether oxygens (including phenoxy) is 2. The van der Waals surface area contributed by atoms with Crippen LogP contribution in [0.15, 0.2) is 42.5 Å². The van der Waals surface area contributed by atoms with Crippen molar-refractivity contribution in [1.29, 1.82) is 0 Å². The Morgan fingerprint density at radius 3 is 2.55 bits per heavy atom. The Kier molecular flexibility index (Phi) is 6.40. The maximum Gasteiger partial charge on any atom is 0.136 e. The highest BCUT2D eigenvalue weighted by atomic mass is 35.5. The van der Waals surface area contributed by atoms with Crippen molar-refractivity contribution in [3.05, 3.63) is 63.8 Å². The largest absolute Gasteiger partial charge is 0.497 e. The highest BCUT2D eigenvalue weighted by molar-refractivity contribution is 6.31. The van der Waals surface area contributed by atoms with Crippen molar-refractivity contribution in [1.82, 2.24) is 10.3 Å². The van der Waals surface area contributed by atoms with E-state index in [0.29, 0.717) is 31.5 Å². The van der Waals surface area contributed by atoms with Gasteiger partial charge < -0.3 is 19.7 Å². The average molecular weight is 432 g/mol. The van der Waals surface area contributed by atoms with Crippen LogP contribution in [0.25, 0.3) is 10.9 Å². The third kappa shape index (κ3) is 4.59. The molecule has 0 amide bonds. The predicted octanol–water partition coefficient (Wildman–Crippen LogP) is 4.68. The zero-order valence-corrected chi connectivity index (χ0v) is 17.8. The van der Waals surface area contributed by atoms with E-state index in [1.165, 1.54) is 0 Å². The van der Waals surface area contributed by atoms with Crippen molar-refractivity contribution in [3.63, 3.8) is 0 Å². The summed E-state index contributed by atoms with van der Waals surface area (Å²) in [5, 5.41) is 5.79. The van der Waals surface area contributed by atoms with Gasteiger partial charge in [0.15, 0.2) is 0 Å². The smallest absolute Gasteiger partial charge is 0.136 e. The Morgan fingerprint density at radius 2 is 1.83 bits per heavy atom. The maximum atomic E-state index is 6.65. The van der Waals surface area contributed by atoms with Crippen LogP contribution < -0.4 is 15.0 Å². The van der Waals surface area contributed by atoms with Crippen molar-refractivity contribution in [2.45, 2.75) is 13.1 Å². The number of nitrogens with one attached hydrogen (secondary N) is 1. The summed E-state index contributed by atoms with van der Waals surface area (Å²) in [6.07, 6.45) is 0. The Bertz CT molecular complexity index is 990. The summed E-state index contributed by atoms with van der Waals surface area (Å²) in [5.41, 5.74) is 4.11. The third-order valence-corrected chi connectivity index (χ3v) is 5.65. The summed E-state index contributed by atoms with van der Waals surface area (Å²) in [5.74, 6) is 0.802. The van der Waals surface area contributed by atoms with Crippen LogP contribution in [0.2, 0.25) is 10.2 Å². The lowest BCUT2D eigenvalue weighted by molar-refractivity contribution is 0.122.